The van der Waals surface area contributed by atoms with Gasteiger partial charge in [0.25, 0.3) is 0 Å². The molecular formula is C10H12N4. The van der Waals surface area contributed by atoms with Gasteiger partial charge in [-0.15, -0.1) is 0 Å². The number of nitrogens with two attached hydrogens (primary N) is 1. The van der Waals surface area contributed by atoms with Gasteiger partial charge in [0.2, 0.25) is 0 Å². The summed E-state index contributed by atoms with van der Waals surface area (Å²) in [7, 11) is 0. The molecule has 4 heteroatoms. The predicted molar refractivity (Wildman–Crippen MR) is 52.2 cm³/mol. The molecule has 0 amide bonds. The molecule has 14 heavy (non-hydrogen) atoms. The number of aromatic nitrogens is 2. The number of hydrogen-bond acceptors (Lipinski definition) is 4. The largest absolute Gasteiger partial charge is 0.382 e. The number of nitriles is 1. The summed E-state index contributed by atoms with van der Waals surface area (Å²) in [5.41, 5.74) is 5.96. The lowest BCUT2D eigenvalue weighted by atomic mass is 9.83. The molecule has 1 fully saturated rings. The van der Waals surface area contributed by atoms with E-state index in [4.69, 9.17) is 11.0 Å². The Hall–Kier alpha value is -1.63. The van der Waals surface area contributed by atoms with Crippen LogP contribution in [-0.4, -0.2) is 9.97 Å². The zero-order valence-electron chi connectivity index (χ0n) is 7.90. The van der Waals surface area contributed by atoms with Crippen LogP contribution in [0.5, 0.6) is 0 Å². The monoisotopic (exact) mass is 188 g/mol. The Morgan fingerprint density at radius 1 is 1.57 bits per heavy atom. The van der Waals surface area contributed by atoms with Crippen LogP contribution in [0.4, 0.5) is 5.82 Å². The highest BCUT2D eigenvalue weighted by molar-refractivity contribution is 5.46. The molecule has 0 radical (unpaired) electrons. The lowest BCUT2D eigenvalue weighted by Crippen LogP contribution is -2.16. The Labute approximate surface area is 82.8 Å². The van der Waals surface area contributed by atoms with Gasteiger partial charge in [-0.3, -0.25) is 0 Å². The second-order valence-electron chi connectivity index (χ2n) is 3.70. The molecule has 1 heterocycles. The van der Waals surface area contributed by atoms with Crippen molar-refractivity contribution in [3.05, 3.63) is 17.6 Å². The quantitative estimate of drug-likeness (QED) is 0.758. The maximum atomic E-state index is 8.64. The molecule has 1 aliphatic carbocycles. The van der Waals surface area contributed by atoms with Gasteiger partial charge in [0.15, 0.2) is 0 Å². The number of anilines is 1. The van der Waals surface area contributed by atoms with Crippen molar-refractivity contribution in [3.63, 3.8) is 0 Å². The third-order valence-electron chi connectivity index (χ3n) is 2.68. The highest BCUT2D eigenvalue weighted by Gasteiger charge is 2.19. The van der Waals surface area contributed by atoms with Crippen LogP contribution in [0.15, 0.2) is 6.20 Å². The molecule has 0 aliphatic heterocycles. The molecule has 0 spiro atoms. The summed E-state index contributed by atoms with van der Waals surface area (Å²) in [5.74, 6) is 1.80. The van der Waals surface area contributed by atoms with Gasteiger partial charge in [0.1, 0.15) is 23.3 Å². The van der Waals surface area contributed by atoms with Crippen LogP contribution in [-0.2, 0) is 6.42 Å². The molecule has 2 rings (SSSR count). The molecule has 4 nitrogen and oxygen atoms in total. The smallest absolute Gasteiger partial charge is 0.145 e. The minimum atomic E-state index is 0.303. The summed E-state index contributed by atoms with van der Waals surface area (Å²) >= 11 is 0. The van der Waals surface area contributed by atoms with E-state index in [9.17, 15) is 0 Å². The minimum absolute atomic E-state index is 0.303. The van der Waals surface area contributed by atoms with Gasteiger partial charge in [0, 0.05) is 6.42 Å². The SMILES string of the molecule is N#Cc1cnc(CC2CCC2)nc1N. The summed E-state index contributed by atoms with van der Waals surface area (Å²) in [6, 6.07) is 1.95. The molecule has 0 bridgehead atoms. The van der Waals surface area contributed by atoms with Crippen molar-refractivity contribution in [1.82, 2.24) is 9.97 Å². The molecule has 1 aliphatic rings. The first-order valence-electron chi connectivity index (χ1n) is 4.81. The van der Waals surface area contributed by atoms with Gasteiger partial charge >= 0.3 is 0 Å². The van der Waals surface area contributed by atoms with E-state index < -0.39 is 0 Å². The Balaban J connectivity index is 2.12. The Bertz CT molecular complexity index is 376. The Morgan fingerprint density at radius 2 is 2.36 bits per heavy atom. The van der Waals surface area contributed by atoms with Gasteiger partial charge in [-0.25, -0.2) is 9.97 Å². The molecule has 0 saturated heterocycles. The molecule has 0 atom stereocenters. The highest BCUT2D eigenvalue weighted by atomic mass is 14.9. The molecule has 2 N–H and O–H groups in total. The summed E-state index contributed by atoms with van der Waals surface area (Å²) in [5, 5.41) is 8.64. The minimum Gasteiger partial charge on any atom is -0.382 e. The second-order valence-corrected chi connectivity index (χ2v) is 3.70. The van der Waals surface area contributed by atoms with E-state index in [1.165, 1.54) is 25.5 Å². The van der Waals surface area contributed by atoms with Crippen molar-refractivity contribution >= 4 is 5.82 Å². The maximum absolute atomic E-state index is 8.64. The molecule has 1 aromatic rings. The average molecular weight is 188 g/mol. The predicted octanol–water partition coefficient (Wildman–Crippen LogP) is 1.27. The summed E-state index contributed by atoms with van der Waals surface area (Å²) in [4.78, 5) is 8.23. The van der Waals surface area contributed by atoms with Crippen molar-refractivity contribution < 1.29 is 0 Å². The summed E-state index contributed by atoms with van der Waals surface area (Å²) in [6.45, 7) is 0. The second kappa shape index (κ2) is 3.62. The zero-order chi connectivity index (χ0) is 9.97. The van der Waals surface area contributed by atoms with E-state index >= 15 is 0 Å². The van der Waals surface area contributed by atoms with Gasteiger partial charge in [-0.05, 0) is 5.92 Å². The fourth-order valence-corrected chi connectivity index (χ4v) is 1.57. The van der Waals surface area contributed by atoms with Crippen LogP contribution in [0.2, 0.25) is 0 Å². The lowest BCUT2D eigenvalue weighted by molar-refractivity contribution is 0.309. The van der Waals surface area contributed by atoms with Crippen molar-refractivity contribution in [2.45, 2.75) is 25.7 Å². The summed E-state index contributed by atoms with van der Waals surface area (Å²) < 4.78 is 0. The van der Waals surface area contributed by atoms with Gasteiger partial charge in [-0.2, -0.15) is 5.26 Å². The number of rotatable bonds is 2. The van der Waals surface area contributed by atoms with Gasteiger partial charge in [0.05, 0.1) is 6.20 Å². The first kappa shape index (κ1) is 8.95. The standard InChI is InChI=1S/C10H12N4/c11-5-8-6-13-9(14-10(8)12)4-7-2-1-3-7/h6-7H,1-4H2,(H2,12,13,14). The van der Waals surface area contributed by atoms with Crippen molar-refractivity contribution in [3.8, 4) is 6.07 Å². The zero-order valence-corrected chi connectivity index (χ0v) is 7.90. The van der Waals surface area contributed by atoms with Crippen molar-refractivity contribution in [2.75, 3.05) is 5.73 Å². The lowest BCUT2D eigenvalue weighted by Gasteiger charge is -2.24. The van der Waals surface area contributed by atoms with Crippen LogP contribution in [0.1, 0.15) is 30.7 Å². The van der Waals surface area contributed by atoms with E-state index in [1.807, 2.05) is 6.07 Å². The van der Waals surface area contributed by atoms with Crippen LogP contribution >= 0.6 is 0 Å². The first-order chi connectivity index (χ1) is 6.79. The number of hydrogen-bond donors (Lipinski definition) is 1. The molecule has 1 aromatic heterocycles. The van der Waals surface area contributed by atoms with E-state index in [1.54, 1.807) is 0 Å². The Morgan fingerprint density at radius 3 is 2.86 bits per heavy atom. The molecule has 0 unspecified atom stereocenters. The van der Waals surface area contributed by atoms with Crippen LogP contribution < -0.4 is 5.73 Å². The first-order valence-corrected chi connectivity index (χ1v) is 4.81. The topological polar surface area (TPSA) is 75.6 Å². The van der Waals surface area contributed by atoms with Crippen LogP contribution in [0, 0.1) is 17.2 Å². The van der Waals surface area contributed by atoms with Gasteiger partial charge < -0.3 is 5.73 Å². The Kier molecular flexibility index (Phi) is 2.32. The van der Waals surface area contributed by atoms with Crippen molar-refractivity contribution in [1.29, 1.82) is 5.26 Å². The normalized spacial score (nSPS) is 15.9. The number of nitrogen functional groups attached to an aromatic ring is 1. The van der Waals surface area contributed by atoms with Crippen LogP contribution in [0.3, 0.4) is 0 Å². The molecule has 72 valence electrons. The molecular weight excluding hydrogens is 176 g/mol. The van der Waals surface area contributed by atoms with E-state index in [2.05, 4.69) is 9.97 Å². The van der Waals surface area contributed by atoms with Gasteiger partial charge in [-0.1, -0.05) is 19.3 Å². The number of nitrogens with zero attached hydrogens (tertiary/aromatic N) is 3. The van der Waals surface area contributed by atoms with E-state index in [0.717, 1.165) is 18.2 Å². The highest BCUT2D eigenvalue weighted by Crippen LogP contribution is 2.28. The van der Waals surface area contributed by atoms with E-state index in [-0.39, 0.29) is 0 Å². The summed E-state index contributed by atoms with van der Waals surface area (Å²) in [6.07, 6.45) is 6.26. The van der Waals surface area contributed by atoms with Crippen LogP contribution in [0.25, 0.3) is 0 Å². The van der Waals surface area contributed by atoms with Crippen molar-refractivity contribution in [2.24, 2.45) is 5.92 Å². The molecule has 0 aromatic carbocycles. The maximum Gasteiger partial charge on any atom is 0.145 e. The third-order valence-corrected chi connectivity index (χ3v) is 2.68. The average Bonchev–Trinajstić information content (AvgIpc) is 2.12. The molecule has 1 saturated carbocycles. The van der Waals surface area contributed by atoms with E-state index in [0.29, 0.717) is 11.4 Å². The fraction of sp³-hybridized carbons (Fsp3) is 0.500. The third kappa shape index (κ3) is 1.67. The fourth-order valence-electron chi connectivity index (χ4n) is 1.57.